The van der Waals surface area contributed by atoms with E-state index in [2.05, 4.69) is 42.5 Å². The summed E-state index contributed by atoms with van der Waals surface area (Å²) < 4.78 is 10.9. The number of halogens is 1. The van der Waals surface area contributed by atoms with Crippen LogP contribution in [-0.2, 0) is 13.0 Å². The summed E-state index contributed by atoms with van der Waals surface area (Å²) in [6, 6.07) is 4.19. The Bertz CT molecular complexity index is 584. The molecule has 1 N–H and O–H groups in total. The number of nitrogens with one attached hydrogen (secondary N) is 1. The number of thioether (sulfide) groups is 1. The van der Waals surface area contributed by atoms with Crippen LogP contribution in [0, 0.1) is 0 Å². The minimum Gasteiger partial charge on any atom is -0.493 e. The van der Waals surface area contributed by atoms with Crippen LogP contribution in [0.3, 0.4) is 0 Å². The zero-order chi connectivity index (χ0) is 17.5. The summed E-state index contributed by atoms with van der Waals surface area (Å²) in [5, 5.41) is 3.95. The number of guanidine groups is 1. The third-order valence-corrected chi connectivity index (χ3v) is 5.21. The molecule has 0 saturated carbocycles. The maximum absolute atomic E-state index is 5.45. The molecule has 0 amide bonds. The summed E-state index contributed by atoms with van der Waals surface area (Å²) in [4.78, 5) is 7.14. The third-order valence-electron chi connectivity index (χ3n) is 4.25. The van der Waals surface area contributed by atoms with Gasteiger partial charge in [-0.3, -0.25) is 4.99 Å². The monoisotopic (exact) mass is 479 g/mol. The molecule has 0 saturated heterocycles. The first-order valence-corrected chi connectivity index (χ1v) is 9.71. The fraction of sp³-hybridized carbons (Fsp3) is 0.611. The van der Waals surface area contributed by atoms with E-state index in [9.17, 15) is 0 Å². The second kappa shape index (κ2) is 11.0. The molecule has 25 heavy (non-hydrogen) atoms. The van der Waals surface area contributed by atoms with Crippen LogP contribution in [0.5, 0.6) is 11.5 Å². The summed E-state index contributed by atoms with van der Waals surface area (Å²) in [5.74, 6) is 2.59. The first-order valence-electron chi connectivity index (χ1n) is 8.42. The zero-order valence-corrected chi connectivity index (χ0v) is 18.9. The van der Waals surface area contributed by atoms with E-state index >= 15 is 0 Å². The molecule has 1 heterocycles. The minimum absolute atomic E-state index is 0. The molecule has 2 rings (SSSR count). The Kier molecular flexibility index (Phi) is 9.78. The van der Waals surface area contributed by atoms with Crippen molar-refractivity contribution in [3.8, 4) is 11.5 Å². The van der Waals surface area contributed by atoms with E-state index < -0.39 is 0 Å². The molecule has 0 spiro atoms. The summed E-state index contributed by atoms with van der Waals surface area (Å²) in [7, 11) is 3.36. The van der Waals surface area contributed by atoms with E-state index in [4.69, 9.17) is 14.5 Å². The van der Waals surface area contributed by atoms with Gasteiger partial charge in [0.2, 0.25) is 0 Å². The number of nitrogens with zero attached hydrogens (tertiary/aromatic N) is 2. The molecule has 1 unspecified atom stereocenters. The van der Waals surface area contributed by atoms with Gasteiger partial charge in [-0.25, -0.2) is 0 Å². The molecule has 7 heteroatoms. The molecular formula is C18H30IN3O2S. The predicted molar refractivity (Wildman–Crippen MR) is 118 cm³/mol. The number of ether oxygens (including phenoxy) is 2. The van der Waals surface area contributed by atoms with Crippen molar-refractivity contribution in [3.63, 3.8) is 0 Å². The number of hydrogen-bond donors (Lipinski definition) is 1. The second-order valence-electron chi connectivity index (χ2n) is 5.89. The highest BCUT2D eigenvalue weighted by Crippen LogP contribution is 2.33. The number of aliphatic imine (C=N–C) groups is 1. The highest BCUT2D eigenvalue weighted by molar-refractivity contribution is 14.0. The Morgan fingerprint density at radius 3 is 2.48 bits per heavy atom. The lowest BCUT2D eigenvalue weighted by Crippen LogP contribution is -2.44. The van der Waals surface area contributed by atoms with Gasteiger partial charge in [0, 0.05) is 24.9 Å². The van der Waals surface area contributed by atoms with E-state index in [0.717, 1.165) is 50.1 Å². The van der Waals surface area contributed by atoms with Gasteiger partial charge in [-0.2, -0.15) is 11.8 Å². The molecule has 1 aromatic carbocycles. The van der Waals surface area contributed by atoms with Crippen LogP contribution in [0.4, 0.5) is 0 Å². The molecule has 0 bridgehead atoms. The average molecular weight is 479 g/mol. The highest BCUT2D eigenvalue weighted by Gasteiger charge is 2.21. The summed E-state index contributed by atoms with van der Waals surface area (Å²) in [6.07, 6.45) is 3.11. The molecule has 1 aromatic rings. The maximum Gasteiger partial charge on any atom is 0.194 e. The van der Waals surface area contributed by atoms with Gasteiger partial charge in [0.05, 0.1) is 20.8 Å². The molecule has 0 aromatic heterocycles. The van der Waals surface area contributed by atoms with Crippen molar-refractivity contribution in [3.05, 3.63) is 23.3 Å². The normalized spacial score (nSPS) is 15.1. The molecule has 0 aliphatic carbocycles. The summed E-state index contributed by atoms with van der Waals surface area (Å²) in [6.45, 7) is 7.83. The molecule has 1 atom stereocenters. The Labute approximate surface area is 173 Å². The van der Waals surface area contributed by atoms with Crippen molar-refractivity contribution in [2.45, 2.75) is 32.1 Å². The van der Waals surface area contributed by atoms with Crippen molar-refractivity contribution in [1.82, 2.24) is 10.2 Å². The molecule has 0 radical (unpaired) electrons. The lowest BCUT2D eigenvalue weighted by Gasteiger charge is -2.32. The number of benzene rings is 1. The van der Waals surface area contributed by atoms with Crippen LogP contribution in [-0.4, -0.2) is 56.2 Å². The van der Waals surface area contributed by atoms with E-state index in [0.29, 0.717) is 5.25 Å². The quantitative estimate of drug-likeness (QED) is 0.385. The Balaban J connectivity index is 0.00000312. The van der Waals surface area contributed by atoms with E-state index in [1.54, 1.807) is 14.2 Å². The minimum atomic E-state index is 0. The third kappa shape index (κ3) is 5.84. The van der Waals surface area contributed by atoms with Crippen molar-refractivity contribution in [2.75, 3.05) is 40.1 Å². The van der Waals surface area contributed by atoms with E-state index in [1.807, 2.05) is 11.8 Å². The van der Waals surface area contributed by atoms with Gasteiger partial charge in [-0.15, -0.1) is 24.0 Å². The standard InChI is InChI=1S/C18H29N3O2S.HI/c1-6-19-18(20-11-13(2)24-5)21-8-7-14-9-16(22-3)17(23-4)10-15(14)12-21;/h9-10,13H,6-8,11-12H2,1-5H3,(H,19,20);1H. The van der Waals surface area contributed by atoms with Crippen LogP contribution >= 0.6 is 35.7 Å². The predicted octanol–water partition coefficient (Wildman–Crippen LogP) is 3.40. The van der Waals surface area contributed by atoms with Gasteiger partial charge < -0.3 is 19.7 Å². The molecule has 1 aliphatic rings. The zero-order valence-electron chi connectivity index (χ0n) is 15.8. The molecular weight excluding hydrogens is 449 g/mol. The van der Waals surface area contributed by atoms with Gasteiger partial charge in [0.25, 0.3) is 0 Å². The number of fused-ring (bicyclic) bond motifs is 1. The van der Waals surface area contributed by atoms with Crippen molar-refractivity contribution < 1.29 is 9.47 Å². The average Bonchev–Trinajstić information content (AvgIpc) is 2.62. The Morgan fingerprint density at radius 1 is 1.28 bits per heavy atom. The van der Waals surface area contributed by atoms with Crippen molar-refractivity contribution >= 4 is 41.7 Å². The highest BCUT2D eigenvalue weighted by atomic mass is 127. The van der Waals surface area contributed by atoms with Crippen molar-refractivity contribution in [1.29, 1.82) is 0 Å². The number of methoxy groups -OCH3 is 2. The topological polar surface area (TPSA) is 46.1 Å². The van der Waals surface area contributed by atoms with Crippen LogP contribution in [0.15, 0.2) is 17.1 Å². The molecule has 142 valence electrons. The summed E-state index contributed by atoms with van der Waals surface area (Å²) in [5.41, 5.74) is 2.61. The van der Waals surface area contributed by atoms with Gasteiger partial charge in [0.1, 0.15) is 0 Å². The van der Waals surface area contributed by atoms with Crippen LogP contribution in [0.25, 0.3) is 0 Å². The van der Waals surface area contributed by atoms with Crippen LogP contribution in [0.1, 0.15) is 25.0 Å². The fourth-order valence-electron chi connectivity index (χ4n) is 2.78. The first kappa shape index (κ1) is 22.2. The number of rotatable bonds is 6. The fourth-order valence-corrected chi connectivity index (χ4v) is 3.00. The SMILES string of the molecule is CCNC(=NCC(C)SC)N1CCc2cc(OC)c(OC)cc2C1.I. The lowest BCUT2D eigenvalue weighted by atomic mass is 9.99. The number of hydrogen-bond acceptors (Lipinski definition) is 4. The molecule has 5 nitrogen and oxygen atoms in total. The second-order valence-corrected chi connectivity index (χ2v) is 7.16. The first-order chi connectivity index (χ1) is 11.6. The van der Waals surface area contributed by atoms with Gasteiger partial charge >= 0.3 is 0 Å². The Morgan fingerprint density at radius 2 is 1.92 bits per heavy atom. The smallest absolute Gasteiger partial charge is 0.194 e. The Hall–Kier alpha value is -0.830. The molecule has 0 fully saturated rings. The van der Waals surface area contributed by atoms with Gasteiger partial charge in [-0.1, -0.05) is 6.92 Å². The van der Waals surface area contributed by atoms with Crippen molar-refractivity contribution in [2.24, 2.45) is 4.99 Å². The largest absolute Gasteiger partial charge is 0.493 e. The maximum atomic E-state index is 5.45. The van der Waals surface area contributed by atoms with Gasteiger partial charge in [-0.05, 0) is 42.9 Å². The molecule has 1 aliphatic heterocycles. The lowest BCUT2D eigenvalue weighted by molar-refractivity contribution is 0.346. The van der Waals surface area contributed by atoms with Gasteiger partial charge in [0.15, 0.2) is 17.5 Å². The van der Waals surface area contributed by atoms with E-state index in [-0.39, 0.29) is 24.0 Å². The van der Waals surface area contributed by atoms with E-state index in [1.165, 1.54) is 11.1 Å². The van der Waals surface area contributed by atoms with Crippen LogP contribution < -0.4 is 14.8 Å². The summed E-state index contributed by atoms with van der Waals surface area (Å²) >= 11 is 1.85. The van der Waals surface area contributed by atoms with Crippen LogP contribution in [0.2, 0.25) is 0 Å².